The van der Waals surface area contributed by atoms with E-state index in [9.17, 15) is 4.79 Å². The number of benzene rings is 1. The van der Waals surface area contributed by atoms with Crippen LogP contribution in [0.4, 0.5) is 0 Å². The van der Waals surface area contributed by atoms with Crippen LogP contribution in [0.15, 0.2) is 60.9 Å². The molecule has 6 heteroatoms. The van der Waals surface area contributed by atoms with E-state index in [1.54, 1.807) is 12.3 Å². The van der Waals surface area contributed by atoms with E-state index in [1.807, 2.05) is 36.4 Å². The highest BCUT2D eigenvalue weighted by Gasteiger charge is 2.22. The molecule has 28 heavy (non-hydrogen) atoms. The third-order valence-corrected chi connectivity index (χ3v) is 4.53. The maximum Gasteiger partial charge on any atom is 0.337 e. The average Bonchev–Trinajstić information content (AvgIpc) is 3.56. The van der Waals surface area contributed by atoms with E-state index in [0.717, 1.165) is 17.7 Å². The number of ether oxygens (including phenoxy) is 2. The zero-order valence-corrected chi connectivity index (χ0v) is 15.2. The van der Waals surface area contributed by atoms with Crippen LogP contribution in [0.25, 0.3) is 11.1 Å². The number of aromatic carboxylic acids is 1. The number of hydrogen-bond acceptors (Lipinski definition) is 5. The van der Waals surface area contributed by atoms with Gasteiger partial charge in [-0.25, -0.2) is 9.78 Å². The van der Waals surface area contributed by atoms with E-state index < -0.39 is 5.97 Å². The van der Waals surface area contributed by atoms with Gasteiger partial charge >= 0.3 is 5.97 Å². The molecule has 0 spiro atoms. The Kier molecular flexibility index (Phi) is 5.19. The Hall–Kier alpha value is -3.41. The van der Waals surface area contributed by atoms with Crippen molar-refractivity contribution >= 4 is 5.97 Å². The molecule has 1 saturated carbocycles. The van der Waals surface area contributed by atoms with Crippen molar-refractivity contribution in [2.24, 2.45) is 5.92 Å². The van der Waals surface area contributed by atoms with Gasteiger partial charge in [-0.15, -0.1) is 0 Å². The largest absolute Gasteiger partial charge is 0.487 e. The number of hydrogen-bond donors (Lipinski definition) is 1. The molecule has 142 valence electrons. The monoisotopic (exact) mass is 376 g/mol. The highest BCUT2D eigenvalue weighted by molar-refractivity contribution is 5.87. The predicted octanol–water partition coefficient (Wildman–Crippen LogP) is 4.21. The van der Waals surface area contributed by atoms with Crippen LogP contribution in [0.3, 0.4) is 0 Å². The van der Waals surface area contributed by atoms with Crippen LogP contribution in [0, 0.1) is 5.92 Å². The van der Waals surface area contributed by atoms with Gasteiger partial charge in [0.25, 0.3) is 0 Å². The van der Waals surface area contributed by atoms with Crippen LogP contribution in [-0.4, -0.2) is 27.7 Å². The van der Waals surface area contributed by atoms with Crippen molar-refractivity contribution in [3.05, 3.63) is 72.2 Å². The number of carbonyl (C=O) groups is 1. The molecule has 0 bridgehead atoms. The Morgan fingerprint density at radius 2 is 1.89 bits per heavy atom. The molecular weight excluding hydrogens is 356 g/mol. The second kappa shape index (κ2) is 8.08. The molecule has 1 fully saturated rings. The first-order valence-electron chi connectivity index (χ1n) is 9.18. The van der Waals surface area contributed by atoms with Gasteiger partial charge in [0, 0.05) is 24.0 Å². The lowest BCUT2D eigenvalue weighted by atomic mass is 10.1. The zero-order chi connectivity index (χ0) is 19.3. The zero-order valence-electron chi connectivity index (χ0n) is 15.2. The molecule has 0 saturated heterocycles. The Morgan fingerprint density at radius 3 is 2.57 bits per heavy atom. The Balaban J connectivity index is 1.38. The quantitative estimate of drug-likeness (QED) is 0.634. The Bertz CT molecular complexity index is 951. The van der Waals surface area contributed by atoms with E-state index in [4.69, 9.17) is 14.6 Å². The SMILES string of the molecule is O=C(O)c1ccc(COc2cccc(-c3ccc(OCC4CC4)nc3)c2)nc1. The summed E-state index contributed by atoms with van der Waals surface area (Å²) in [6.07, 6.45) is 5.64. The number of nitrogens with zero attached hydrogens (tertiary/aromatic N) is 2. The molecule has 1 N–H and O–H groups in total. The Labute approximate surface area is 162 Å². The van der Waals surface area contributed by atoms with Gasteiger partial charge < -0.3 is 14.6 Å². The molecule has 0 aliphatic heterocycles. The standard InChI is InChI=1S/C22H20N2O4/c25-22(26)18-6-8-19(23-12-18)14-27-20-3-1-2-16(10-20)17-7-9-21(24-11-17)28-13-15-4-5-15/h1-3,6-12,15H,4-5,13-14H2,(H,25,26). The van der Waals surface area contributed by atoms with Crippen LogP contribution >= 0.6 is 0 Å². The summed E-state index contributed by atoms with van der Waals surface area (Å²) in [6, 6.07) is 14.8. The molecule has 1 aromatic carbocycles. The molecule has 1 aliphatic carbocycles. The summed E-state index contributed by atoms with van der Waals surface area (Å²) in [5.41, 5.74) is 2.79. The first-order valence-corrected chi connectivity index (χ1v) is 9.18. The van der Waals surface area contributed by atoms with Crippen molar-refractivity contribution in [1.82, 2.24) is 9.97 Å². The van der Waals surface area contributed by atoms with E-state index in [2.05, 4.69) is 9.97 Å². The smallest absolute Gasteiger partial charge is 0.337 e. The van der Waals surface area contributed by atoms with Crippen molar-refractivity contribution in [1.29, 1.82) is 0 Å². The van der Waals surface area contributed by atoms with Gasteiger partial charge in [-0.1, -0.05) is 12.1 Å². The summed E-state index contributed by atoms with van der Waals surface area (Å²) in [6.45, 7) is 1.01. The summed E-state index contributed by atoms with van der Waals surface area (Å²) in [5, 5.41) is 8.91. The highest BCUT2D eigenvalue weighted by Crippen LogP contribution is 2.30. The van der Waals surface area contributed by atoms with E-state index in [0.29, 0.717) is 23.2 Å². The van der Waals surface area contributed by atoms with Gasteiger partial charge in [-0.05, 0) is 54.7 Å². The van der Waals surface area contributed by atoms with E-state index >= 15 is 0 Å². The predicted molar refractivity (Wildman–Crippen MR) is 103 cm³/mol. The molecule has 2 heterocycles. The summed E-state index contributed by atoms with van der Waals surface area (Å²) >= 11 is 0. The number of pyridine rings is 2. The number of carboxylic acids is 1. The van der Waals surface area contributed by atoms with Crippen LogP contribution in [0.1, 0.15) is 28.9 Å². The van der Waals surface area contributed by atoms with Crippen molar-refractivity contribution in [3.63, 3.8) is 0 Å². The summed E-state index contributed by atoms with van der Waals surface area (Å²) < 4.78 is 11.5. The van der Waals surface area contributed by atoms with Crippen LogP contribution in [0.5, 0.6) is 11.6 Å². The second-order valence-corrected chi connectivity index (χ2v) is 6.80. The normalized spacial score (nSPS) is 13.1. The Morgan fingerprint density at radius 1 is 1.00 bits per heavy atom. The van der Waals surface area contributed by atoms with Gasteiger partial charge in [0.05, 0.1) is 17.9 Å². The maximum absolute atomic E-state index is 10.9. The summed E-state index contributed by atoms with van der Waals surface area (Å²) in [5.74, 6) is 1.06. The molecule has 0 amide bonds. The van der Waals surface area contributed by atoms with Crippen LogP contribution < -0.4 is 9.47 Å². The maximum atomic E-state index is 10.9. The molecule has 3 aromatic rings. The lowest BCUT2D eigenvalue weighted by Crippen LogP contribution is -2.02. The minimum atomic E-state index is -0.995. The summed E-state index contributed by atoms with van der Waals surface area (Å²) in [4.78, 5) is 19.4. The minimum absolute atomic E-state index is 0.155. The van der Waals surface area contributed by atoms with Gasteiger partial charge in [-0.3, -0.25) is 4.98 Å². The number of aromatic nitrogens is 2. The van der Waals surface area contributed by atoms with Gasteiger partial charge in [-0.2, -0.15) is 0 Å². The van der Waals surface area contributed by atoms with Gasteiger partial charge in [0.2, 0.25) is 5.88 Å². The fourth-order valence-electron chi connectivity index (χ4n) is 2.68. The summed E-state index contributed by atoms with van der Waals surface area (Å²) in [7, 11) is 0. The third-order valence-electron chi connectivity index (χ3n) is 4.53. The fourth-order valence-corrected chi connectivity index (χ4v) is 2.68. The number of rotatable bonds is 8. The lowest BCUT2D eigenvalue weighted by molar-refractivity contribution is 0.0696. The highest BCUT2D eigenvalue weighted by atomic mass is 16.5. The van der Waals surface area contributed by atoms with Crippen molar-refractivity contribution in [2.45, 2.75) is 19.4 Å². The molecule has 0 atom stereocenters. The first kappa shape index (κ1) is 18.0. The molecular formula is C22H20N2O4. The van der Waals surface area contributed by atoms with Crippen LogP contribution in [-0.2, 0) is 6.61 Å². The minimum Gasteiger partial charge on any atom is -0.487 e. The molecule has 6 nitrogen and oxygen atoms in total. The van der Waals surface area contributed by atoms with E-state index in [1.165, 1.54) is 25.1 Å². The molecule has 1 aliphatic rings. The molecule has 2 aromatic heterocycles. The van der Waals surface area contributed by atoms with Gasteiger partial charge in [0.15, 0.2) is 0 Å². The van der Waals surface area contributed by atoms with Crippen molar-refractivity contribution in [3.8, 4) is 22.8 Å². The van der Waals surface area contributed by atoms with Gasteiger partial charge in [0.1, 0.15) is 12.4 Å². The van der Waals surface area contributed by atoms with Crippen LogP contribution in [0.2, 0.25) is 0 Å². The third kappa shape index (κ3) is 4.65. The molecule has 4 rings (SSSR count). The average molecular weight is 376 g/mol. The number of carboxylic acid groups (broad SMARTS) is 1. The second-order valence-electron chi connectivity index (χ2n) is 6.80. The van der Waals surface area contributed by atoms with E-state index in [-0.39, 0.29) is 12.2 Å². The fraction of sp³-hybridized carbons (Fsp3) is 0.227. The topological polar surface area (TPSA) is 81.5 Å². The molecule has 0 unspecified atom stereocenters. The first-order chi connectivity index (χ1) is 13.7. The molecule has 0 radical (unpaired) electrons. The van der Waals surface area contributed by atoms with Crippen molar-refractivity contribution in [2.75, 3.05) is 6.61 Å². The lowest BCUT2D eigenvalue weighted by Gasteiger charge is -2.09. The van der Waals surface area contributed by atoms with Crippen molar-refractivity contribution < 1.29 is 19.4 Å².